The van der Waals surface area contributed by atoms with E-state index in [0.717, 1.165) is 28.8 Å². The molecule has 134 valence electrons. The molecule has 2 heterocycles. The maximum atomic E-state index is 13.3. The van der Waals surface area contributed by atoms with Gasteiger partial charge in [0.2, 0.25) is 5.91 Å². The third-order valence-corrected chi connectivity index (χ3v) is 5.76. The molecule has 0 spiro atoms. The van der Waals surface area contributed by atoms with Crippen LogP contribution < -0.4 is 0 Å². The van der Waals surface area contributed by atoms with Gasteiger partial charge in [-0.2, -0.15) is 13.2 Å². The van der Waals surface area contributed by atoms with Gasteiger partial charge in [0.05, 0.1) is 18.1 Å². The summed E-state index contributed by atoms with van der Waals surface area (Å²) < 4.78 is 45.5. The van der Waals surface area contributed by atoms with Gasteiger partial charge < -0.3 is 9.64 Å². The Hall–Kier alpha value is -2.34. The number of hydrogen-bond donors (Lipinski definition) is 0. The molecule has 2 fully saturated rings. The SMILES string of the molecule is O=C1[C@H]2c3cc(C(F)(F)F)ccc3-c3ccccc3[C@H]2C[C@H]2OCCN12. The number of benzene rings is 2. The molecule has 3 nitrogen and oxygen atoms in total. The lowest BCUT2D eigenvalue weighted by molar-refractivity contribution is -0.144. The molecule has 1 aliphatic carbocycles. The molecule has 0 unspecified atom stereocenters. The Labute approximate surface area is 148 Å². The van der Waals surface area contributed by atoms with Crippen LogP contribution in [-0.4, -0.2) is 30.2 Å². The second kappa shape index (κ2) is 5.33. The van der Waals surface area contributed by atoms with Crippen molar-refractivity contribution in [3.8, 4) is 11.1 Å². The van der Waals surface area contributed by atoms with Gasteiger partial charge in [0.15, 0.2) is 0 Å². The first-order chi connectivity index (χ1) is 12.4. The molecule has 3 aliphatic rings. The summed E-state index contributed by atoms with van der Waals surface area (Å²) in [7, 11) is 0. The minimum atomic E-state index is -4.43. The normalized spacial score (nSPS) is 26.8. The Morgan fingerprint density at radius 1 is 1.04 bits per heavy atom. The molecule has 0 N–H and O–H groups in total. The van der Waals surface area contributed by atoms with Crippen molar-refractivity contribution in [3.05, 3.63) is 59.2 Å². The summed E-state index contributed by atoms with van der Waals surface area (Å²) in [6, 6.07) is 11.5. The zero-order valence-corrected chi connectivity index (χ0v) is 13.8. The lowest BCUT2D eigenvalue weighted by atomic mass is 9.67. The van der Waals surface area contributed by atoms with E-state index in [-0.39, 0.29) is 18.1 Å². The highest BCUT2D eigenvalue weighted by molar-refractivity contribution is 5.92. The first-order valence-electron chi connectivity index (χ1n) is 8.67. The maximum Gasteiger partial charge on any atom is 0.416 e. The van der Waals surface area contributed by atoms with Crippen molar-refractivity contribution in [2.45, 2.75) is 30.7 Å². The standard InChI is InChI=1S/C20H16F3NO2/c21-20(22,23)11-5-6-14-12-3-1-2-4-13(12)16-10-17-24(7-8-26-17)19(25)18(16)15(14)9-11/h1-6,9,16-18H,7-8,10H2/t16-,17-,18+/m1/s1. The van der Waals surface area contributed by atoms with E-state index >= 15 is 0 Å². The van der Waals surface area contributed by atoms with Gasteiger partial charge in [-0.05, 0) is 34.4 Å². The highest BCUT2D eigenvalue weighted by Gasteiger charge is 2.49. The first kappa shape index (κ1) is 15.9. The van der Waals surface area contributed by atoms with Gasteiger partial charge in [-0.15, -0.1) is 0 Å². The summed E-state index contributed by atoms with van der Waals surface area (Å²) in [5, 5.41) is 0. The summed E-state index contributed by atoms with van der Waals surface area (Å²) in [6.45, 7) is 0.982. The predicted octanol–water partition coefficient (Wildman–Crippen LogP) is 4.14. The third kappa shape index (κ3) is 2.14. The summed E-state index contributed by atoms with van der Waals surface area (Å²) in [6.07, 6.45) is -4.09. The number of alkyl halides is 3. The second-order valence-electron chi connectivity index (χ2n) is 7.06. The summed E-state index contributed by atoms with van der Waals surface area (Å²) in [4.78, 5) is 14.8. The quantitative estimate of drug-likeness (QED) is 0.708. The summed E-state index contributed by atoms with van der Waals surface area (Å²) in [5.41, 5.74) is 2.44. The van der Waals surface area contributed by atoms with Crippen molar-refractivity contribution in [3.63, 3.8) is 0 Å². The Morgan fingerprint density at radius 2 is 1.81 bits per heavy atom. The van der Waals surface area contributed by atoms with E-state index in [1.165, 1.54) is 6.07 Å². The van der Waals surface area contributed by atoms with Crippen molar-refractivity contribution in [1.82, 2.24) is 4.90 Å². The van der Waals surface area contributed by atoms with Crippen LogP contribution in [0.4, 0.5) is 13.2 Å². The number of amides is 1. The zero-order valence-electron chi connectivity index (χ0n) is 13.8. The van der Waals surface area contributed by atoms with Crippen LogP contribution in [0.2, 0.25) is 0 Å². The van der Waals surface area contributed by atoms with Crippen LogP contribution in [0, 0.1) is 0 Å². The van der Waals surface area contributed by atoms with Crippen LogP contribution in [0.25, 0.3) is 11.1 Å². The van der Waals surface area contributed by atoms with E-state index in [0.29, 0.717) is 25.1 Å². The number of nitrogens with zero attached hydrogens (tertiary/aromatic N) is 1. The first-order valence-corrected chi connectivity index (χ1v) is 8.67. The van der Waals surface area contributed by atoms with Gasteiger partial charge in [-0.1, -0.05) is 30.3 Å². The number of halogens is 3. The summed E-state index contributed by atoms with van der Waals surface area (Å²) in [5.74, 6) is -0.868. The topological polar surface area (TPSA) is 29.5 Å². The molecule has 5 rings (SSSR count). The predicted molar refractivity (Wildman–Crippen MR) is 88.4 cm³/mol. The molecular formula is C20H16F3NO2. The van der Waals surface area contributed by atoms with Crippen molar-refractivity contribution in [2.75, 3.05) is 13.2 Å². The third-order valence-electron chi connectivity index (χ3n) is 5.76. The molecule has 2 saturated heterocycles. The monoisotopic (exact) mass is 359 g/mol. The zero-order chi connectivity index (χ0) is 18.1. The van der Waals surface area contributed by atoms with E-state index in [1.807, 2.05) is 24.3 Å². The molecule has 1 amide bonds. The lowest BCUT2D eigenvalue weighted by Crippen LogP contribution is -2.48. The van der Waals surface area contributed by atoms with Crippen LogP contribution in [0.1, 0.15) is 34.9 Å². The van der Waals surface area contributed by atoms with E-state index in [1.54, 1.807) is 4.90 Å². The molecule has 0 radical (unpaired) electrons. The molecular weight excluding hydrogens is 343 g/mol. The lowest BCUT2D eigenvalue weighted by Gasteiger charge is -2.43. The minimum Gasteiger partial charge on any atom is -0.356 e. The molecule has 0 bridgehead atoms. The minimum absolute atomic E-state index is 0.126. The van der Waals surface area contributed by atoms with Gasteiger partial charge in [0.1, 0.15) is 6.23 Å². The van der Waals surface area contributed by atoms with Gasteiger partial charge >= 0.3 is 6.18 Å². The van der Waals surface area contributed by atoms with E-state index in [9.17, 15) is 18.0 Å². The molecule has 2 aromatic rings. The van der Waals surface area contributed by atoms with Crippen LogP contribution in [0.5, 0.6) is 0 Å². The second-order valence-corrected chi connectivity index (χ2v) is 7.06. The number of carbonyl (C=O) groups is 1. The van der Waals surface area contributed by atoms with E-state index in [4.69, 9.17) is 4.74 Å². The van der Waals surface area contributed by atoms with Crippen LogP contribution >= 0.6 is 0 Å². The van der Waals surface area contributed by atoms with E-state index < -0.39 is 17.7 Å². The number of ether oxygens (including phenoxy) is 1. The highest BCUT2D eigenvalue weighted by atomic mass is 19.4. The van der Waals surface area contributed by atoms with Crippen molar-refractivity contribution >= 4 is 5.91 Å². The van der Waals surface area contributed by atoms with Gasteiger partial charge in [-0.25, -0.2) is 0 Å². The van der Waals surface area contributed by atoms with Crippen LogP contribution in [-0.2, 0) is 15.7 Å². The van der Waals surface area contributed by atoms with Gasteiger partial charge in [0, 0.05) is 18.9 Å². The molecule has 0 aromatic heterocycles. The maximum absolute atomic E-state index is 13.3. The van der Waals surface area contributed by atoms with Crippen molar-refractivity contribution < 1.29 is 22.7 Å². The number of fused-ring (bicyclic) bond motifs is 7. The number of hydrogen-bond acceptors (Lipinski definition) is 2. The van der Waals surface area contributed by atoms with Gasteiger partial charge in [0.25, 0.3) is 0 Å². The van der Waals surface area contributed by atoms with Crippen LogP contribution in [0.3, 0.4) is 0 Å². The average molecular weight is 359 g/mol. The van der Waals surface area contributed by atoms with Crippen LogP contribution in [0.15, 0.2) is 42.5 Å². The van der Waals surface area contributed by atoms with Crippen molar-refractivity contribution in [2.24, 2.45) is 0 Å². The molecule has 6 heteroatoms. The molecule has 26 heavy (non-hydrogen) atoms. The van der Waals surface area contributed by atoms with Crippen molar-refractivity contribution in [1.29, 1.82) is 0 Å². The Bertz CT molecular complexity index is 908. The highest BCUT2D eigenvalue weighted by Crippen LogP contribution is 2.53. The Morgan fingerprint density at radius 3 is 2.62 bits per heavy atom. The fraction of sp³-hybridized carbons (Fsp3) is 0.350. The average Bonchev–Trinajstić information content (AvgIpc) is 3.09. The van der Waals surface area contributed by atoms with Gasteiger partial charge in [-0.3, -0.25) is 4.79 Å². The molecule has 3 atom stereocenters. The number of rotatable bonds is 0. The number of piperidine rings is 1. The smallest absolute Gasteiger partial charge is 0.356 e. The number of carbonyl (C=O) groups excluding carboxylic acids is 1. The fourth-order valence-electron chi connectivity index (χ4n) is 4.64. The fourth-order valence-corrected chi connectivity index (χ4v) is 4.64. The largest absolute Gasteiger partial charge is 0.416 e. The Kier molecular flexibility index (Phi) is 3.26. The molecule has 2 aliphatic heterocycles. The van der Waals surface area contributed by atoms with E-state index in [2.05, 4.69) is 0 Å². The summed E-state index contributed by atoms with van der Waals surface area (Å²) >= 11 is 0. The molecule has 2 aromatic carbocycles. The molecule has 0 saturated carbocycles. The Balaban J connectivity index is 1.73.